The molecule has 0 saturated carbocycles. The molecule has 0 fully saturated rings. The second kappa shape index (κ2) is 6.04. The van der Waals surface area contributed by atoms with Gasteiger partial charge < -0.3 is 10.0 Å². The molecule has 0 aromatic carbocycles. The molecule has 0 bridgehead atoms. The van der Waals surface area contributed by atoms with Crippen LogP contribution in [0.2, 0.25) is 5.15 Å². The maximum Gasteiger partial charge on any atom is 0.323 e. The number of nitro groups is 1. The number of amides is 1. The van der Waals surface area contributed by atoms with Crippen LogP contribution in [0.15, 0.2) is 12.3 Å². The lowest BCUT2D eigenvalue weighted by molar-refractivity contribution is -0.385. The van der Waals surface area contributed by atoms with Gasteiger partial charge in [-0.3, -0.25) is 19.7 Å². The number of carboxylic acids is 1. The van der Waals surface area contributed by atoms with E-state index >= 15 is 0 Å². The molecule has 0 aliphatic rings. The number of hydrogen-bond donors (Lipinski definition) is 1. The second-order valence-electron chi connectivity index (χ2n) is 5.21. The minimum absolute atomic E-state index is 0.295. The quantitative estimate of drug-likeness (QED) is 0.516. The molecular formula is C12H14ClN3O5. The first kappa shape index (κ1) is 16.8. The monoisotopic (exact) mass is 315 g/mol. The van der Waals surface area contributed by atoms with Gasteiger partial charge in [0.25, 0.3) is 5.91 Å². The number of pyridine rings is 1. The van der Waals surface area contributed by atoms with E-state index in [1.807, 2.05) is 0 Å². The number of aromatic nitrogens is 1. The Balaban J connectivity index is 3.37. The zero-order chi connectivity index (χ0) is 16.4. The van der Waals surface area contributed by atoms with Crippen LogP contribution in [0.3, 0.4) is 0 Å². The average Bonchev–Trinajstić information content (AvgIpc) is 2.32. The molecule has 0 spiro atoms. The lowest BCUT2D eigenvalue weighted by Gasteiger charge is -2.34. The zero-order valence-corrected chi connectivity index (χ0v) is 12.4. The molecule has 1 heterocycles. The van der Waals surface area contributed by atoms with Crippen molar-refractivity contribution in [3.63, 3.8) is 0 Å². The summed E-state index contributed by atoms with van der Waals surface area (Å²) in [5.41, 5.74) is -1.76. The molecule has 8 nitrogen and oxygen atoms in total. The third-order valence-electron chi connectivity index (χ3n) is 2.64. The molecule has 1 aromatic heterocycles. The number of halogens is 1. The highest BCUT2D eigenvalue weighted by Crippen LogP contribution is 2.28. The van der Waals surface area contributed by atoms with Gasteiger partial charge in [0.2, 0.25) is 5.15 Å². The van der Waals surface area contributed by atoms with Crippen LogP contribution in [0, 0.1) is 10.1 Å². The highest BCUT2D eigenvalue weighted by molar-refractivity contribution is 6.32. The summed E-state index contributed by atoms with van der Waals surface area (Å²) in [6.45, 7) is 4.30. The SMILES string of the molecule is CC(C)(C)N(CC(=O)O)C(=O)c1ccnc(Cl)c1[N+](=O)[O-]. The number of carbonyl (C=O) groups excluding carboxylic acids is 1. The van der Waals surface area contributed by atoms with Gasteiger partial charge in [0.1, 0.15) is 12.1 Å². The van der Waals surface area contributed by atoms with E-state index in [1.54, 1.807) is 20.8 Å². The molecule has 114 valence electrons. The number of carbonyl (C=O) groups is 2. The Morgan fingerprint density at radius 1 is 1.48 bits per heavy atom. The Bertz CT molecular complexity index is 597. The molecule has 1 aromatic rings. The lowest BCUT2D eigenvalue weighted by atomic mass is 10.0. The van der Waals surface area contributed by atoms with Crippen LogP contribution < -0.4 is 0 Å². The fraction of sp³-hybridized carbons (Fsp3) is 0.417. The van der Waals surface area contributed by atoms with Crippen molar-refractivity contribution >= 4 is 29.2 Å². The number of carboxylic acid groups (broad SMARTS) is 1. The fourth-order valence-corrected chi connectivity index (χ4v) is 1.90. The topological polar surface area (TPSA) is 114 Å². The van der Waals surface area contributed by atoms with Crippen LogP contribution >= 0.6 is 11.6 Å². The summed E-state index contributed by atoms with van der Waals surface area (Å²) in [7, 11) is 0. The van der Waals surface area contributed by atoms with E-state index in [9.17, 15) is 19.7 Å². The van der Waals surface area contributed by atoms with Gasteiger partial charge in [0.15, 0.2) is 0 Å². The Labute approximate surface area is 125 Å². The minimum atomic E-state index is -1.22. The van der Waals surface area contributed by atoms with Gasteiger partial charge in [0, 0.05) is 11.7 Å². The molecular weight excluding hydrogens is 302 g/mol. The van der Waals surface area contributed by atoms with Gasteiger partial charge in [-0.2, -0.15) is 0 Å². The number of nitrogens with zero attached hydrogens (tertiary/aromatic N) is 3. The number of hydrogen-bond acceptors (Lipinski definition) is 5. The molecule has 0 aliphatic heterocycles. The van der Waals surface area contributed by atoms with Crippen LogP contribution in [0.5, 0.6) is 0 Å². The molecule has 0 unspecified atom stereocenters. The summed E-state index contributed by atoms with van der Waals surface area (Å²) in [6, 6.07) is 1.15. The third-order valence-corrected chi connectivity index (χ3v) is 2.92. The van der Waals surface area contributed by atoms with E-state index in [0.29, 0.717) is 0 Å². The smallest absolute Gasteiger partial charge is 0.323 e. The fourth-order valence-electron chi connectivity index (χ4n) is 1.67. The van der Waals surface area contributed by atoms with Crippen molar-refractivity contribution in [2.24, 2.45) is 0 Å². The Morgan fingerprint density at radius 3 is 2.48 bits per heavy atom. The van der Waals surface area contributed by atoms with Gasteiger partial charge in [-0.15, -0.1) is 0 Å². The molecule has 21 heavy (non-hydrogen) atoms. The Kier molecular flexibility index (Phi) is 4.84. The first-order valence-electron chi connectivity index (χ1n) is 5.88. The highest BCUT2D eigenvalue weighted by atomic mass is 35.5. The summed E-state index contributed by atoms with van der Waals surface area (Å²) in [4.78, 5) is 38.2. The van der Waals surface area contributed by atoms with Crippen molar-refractivity contribution in [3.05, 3.63) is 33.1 Å². The zero-order valence-electron chi connectivity index (χ0n) is 11.7. The average molecular weight is 316 g/mol. The molecule has 0 atom stereocenters. The van der Waals surface area contributed by atoms with E-state index in [1.165, 1.54) is 0 Å². The maximum atomic E-state index is 12.5. The maximum absolute atomic E-state index is 12.5. The minimum Gasteiger partial charge on any atom is -0.480 e. The van der Waals surface area contributed by atoms with Crippen molar-refractivity contribution in [2.75, 3.05) is 6.54 Å². The number of aliphatic carboxylic acids is 1. The van der Waals surface area contributed by atoms with E-state index in [4.69, 9.17) is 16.7 Å². The van der Waals surface area contributed by atoms with Gasteiger partial charge in [-0.1, -0.05) is 11.6 Å². The second-order valence-corrected chi connectivity index (χ2v) is 5.57. The molecule has 1 amide bonds. The van der Waals surface area contributed by atoms with Gasteiger partial charge in [0.05, 0.1) is 4.92 Å². The summed E-state index contributed by atoms with van der Waals surface area (Å²) in [6.07, 6.45) is 1.16. The van der Waals surface area contributed by atoms with Gasteiger partial charge in [-0.25, -0.2) is 4.98 Å². The van der Waals surface area contributed by atoms with Crippen molar-refractivity contribution in [1.82, 2.24) is 9.88 Å². The van der Waals surface area contributed by atoms with Crippen LogP contribution in [-0.4, -0.2) is 43.9 Å². The summed E-state index contributed by atoms with van der Waals surface area (Å²) < 4.78 is 0. The lowest BCUT2D eigenvalue weighted by Crippen LogP contribution is -2.48. The van der Waals surface area contributed by atoms with Crippen LogP contribution in [0.1, 0.15) is 31.1 Å². The molecule has 0 saturated heterocycles. The van der Waals surface area contributed by atoms with E-state index in [-0.39, 0.29) is 5.56 Å². The van der Waals surface area contributed by atoms with Crippen LogP contribution in [0.25, 0.3) is 0 Å². The van der Waals surface area contributed by atoms with Crippen molar-refractivity contribution in [2.45, 2.75) is 26.3 Å². The van der Waals surface area contributed by atoms with Crippen molar-refractivity contribution < 1.29 is 19.6 Å². The molecule has 1 rings (SSSR count). The summed E-state index contributed by atoms with van der Waals surface area (Å²) in [5, 5.41) is 19.5. The summed E-state index contributed by atoms with van der Waals surface area (Å²) >= 11 is 5.65. The van der Waals surface area contributed by atoms with Gasteiger partial charge in [-0.05, 0) is 26.8 Å². The third kappa shape index (κ3) is 3.88. The van der Waals surface area contributed by atoms with Gasteiger partial charge >= 0.3 is 11.7 Å². The predicted octanol–water partition coefficient (Wildman–Crippen LogP) is 1.97. The predicted molar refractivity (Wildman–Crippen MR) is 74.3 cm³/mol. The van der Waals surface area contributed by atoms with Crippen molar-refractivity contribution in [1.29, 1.82) is 0 Å². The Morgan fingerprint density at radius 2 is 2.05 bits per heavy atom. The highest BCUT2D eigenvalue weighted by Gasteiger charge is 2.34. The standard InChI is InChI=1S/C12H14ClN3O5/c1-12(2,3)15(6-8(17)18)11(19)7-4-5-14-10(13)9(7)16(20)21/h4-5H,6H2,1-3H3,(H,17,18). The molecule has 9 heteroatoms. The normalized spacial score (nSPS) is 11.0. The van der Waals surface area contributed by atoms with Crippen LogP contribution in [0.4, 0.5) is 5.69 Å². The van der Waals surface area contributed by atoms with Crippen molar-refractivity contribution in [3.8, 4) is 0 Å². The largest absolute Gasteiger partial charge is 0.480 e. The van der Waals surface area contributed by atoms with E-state index in [0.717, 1.165) is 17.2 Å². The van der Waals surface area contributed by atoms with E-state index in [2.05, 4.69) is 4.98 Å². The molecule has 1 N–H and O–H groups in total. The molecule has 0 aliphatic carbocycles. The first-order valence-corrected chi connectivity index (χ1v) is 6.26. The van der Waals surface area contributed by atoms with Crippen LogP contribution in [-0.2, 0) is 4.79 Å². The van der Waals surface area contributed by atoms with E-state index < -0.39 is 39.7 Å². The first-order chi connectivity index (χ1) is 9.55. The number of rotatable bonds is 4. The Hall–Kier alpha value is -2.22. The summed E-state index contributed by atoms with van der Waals surface area (Å²) in [5.74, 6) is -2.01. The molecule has 0 radical (unpaired) electrons.